The highest BCUT2D eigenvalue weighted by Gasteiger charge is 2.40. The van der Waals surface area contributed by atoms with Crippen LogP contribution in [0, 0.1) is 0 Å². The lowest BCUT2D eigenvalue weighted by atomic mass is 9.89. The van der Waals surface area contributed by atoms with E-state index in [1.54, 1.807) is 0 Å². The molecule has 1 saturated heterocycles. The van der Waals surface area contributed by atoms with Gasteiger partial charge in [0.05, 0.1) is 18.3 Å². The first-order valence-electron chi connectivity index (χ1n) is 6.72. The van der Waals surface area contributed by atoms with Crippen LogP contribution < -0.4 is 0 Å². The summed E-state index contributed by atoms with van der Waals surface area (Å²) in [6.07, 6.45) is 3.72. The van der Waals surface area contributed by atoms with Crippen molar-refractivity contribution in [2.75, 3.05) is 13.1 Å². The number of nitrogens with zero attached hydrogens (tertiary/aromatic N) is 2. The van der Waals surface area contributed by atoms with Crippen LogP contribution in [0.25, 0.3) is 0 Å². The number of oxazole rings is 1. The Labute approximate surface area is 109 Å². The predicted octanol–water partition coefficient (Wildman–Crippen LogP) is 2.32. The first-order chi connectivity index (χ1) is 8.32. The van der Waals surface area contributed by atoms with E-state index in [4.69, 9.17) is 4.42 Å². The molecule has 102 valence electrons. The largest absolute Gasteiger partial charge is 0.444 e. The van der Waals surface area contributed by atoms with Gasteiger partial charge in [-0.25, -0.2) is 4.98 Å². The number of hydrogen-bond acceptors (Lipinski definition) is 4. The molecule has 18 heavy (non-hydrogen) atoms. The van der Waals surface area contributed by atoms with E-state index in [1.165, 1.54) is 0 Å². The Morgan fingerprint density at radius 2 is 2.11 bits per heavy atom. The lowest BCUT2D eigenvalue weighted by molar-refractivity contribution is -0.109. The van der Waals surface area contributed by atoms with Gasteiger partial charge < -0.3 is 9.52 Å². The van der Waals surface area contributed by atoms with Crippen molar-refractivity contribution in [2.24, 2.45) is 0 Å². The molecule has 0 spiro atoms. The zero-order valence-corrected chi connectivity index (χ0v) is 11.9. The third-order valence-electron chi connectivity index (χ3n) is 3.40. The van der Waals surface area contributed by atoms with Gasteiger partial charge in [0.1, 0.15) is 5.76 Å². The molecule has 0 aromatic carbocycles. The van der Waals surface area contributed by atoms with E-state index < -0.39 is 5.60 Å². The van der Waals surface area contributed by atoms with Gasteiger partial charge in [0.2, 0.25) is 5.89 Å². The van der Waals surface area contributed by atoms with Crippen molar-refractivity contribution in [3.63, 3.8) is 0 Å². The summed E-state index contributed by atoms with van der Waals surface area (Å²) >= 11 is 0. The maximum atomic E-state index is 10.1. The van der Waals surface area contributed by atoms with Crippen molar-refractivity contribution in [2.45, 2.75) is 58.1 Å². The normalized spacial score (nSPS) is 19.8. The molecule has 2 heterocycles. The minimum Gasteiger partial charge on any atom is -0.444 e. The molecule has 1 aromatic heterocycles. The summed E-state index contributed by atoms with van der Waals surface area (Å²) in [6.45, 7) is 10.6. The van der Waals surface area contributed by atoms with Gasteiger partial charge in [-0.1, -0.05) is 34.1 Å². The summed E-state index contributed by atoms with van der Waals surface area (Å²) in [5.74, 6) is 1.67. The SMILES string of the molecule is CCCC1(O)CN(Cc2ncc(C(C)(C)C)o2)C1. The van der Waals surface area contributed by atoms with Crippen molar-refractivity contribution in [3.8, 4) is 0 Å². The predicted molar refractivity (Wildman–Crippen MR) is 70.3 cm³/mol. The second-order valence-corrected chi connectivity index (χ2v) is 6.49. The quantitative estimate of drug-likeness (QED) is 0.893. The van der Waals surface area contributed by atoms with E-state index in [0.717, 1.165) is 37.6 Å². The van der Waals surface area contributed by atoms with Crippen LogP contribution in [-0.4, -0.2) is 33.7 Å². The van der Waals surface area contributed by atoms with Gasteiger partial charge in [-0.2, -0.15) is 0 Å². The molecule has 1 aromatic rings. The zero-order valence-electron chi connectivity index (χ0n) is 11.9. The van der Waals surface area contributed by atoms with Crippen LogP contribution in [-0.2, 0) is 12.0 Å². The molecule has 1 fully saturated rings. The number of hydrogen-bond donors (Lipinski definition) is 1. The molecule has 1 N–H and O–H groups in total. The second-order valence-electron chi connectivity index (χ2n) is 6.49. The molecule has 0 amide bonds. The molecule has 0 unspecified atom stereocenters. The van der Waals surface area contributed by atoms with Gasteiger partial charge in [-0.15, -0.1) is 0 Å². The lowest BCUT2D eigenvalue weighted by Crippen LogP contribution is -2.60. The van der Waals surface area contributed by atoms with Crippen LogP contribution in [0.15, 0.2) is 10.6 Å². The maximum Gasteiger partial charge on any atom is 0.208 e. The summed E-state index contributed by atoms with van der Waals surface area (Å²) < 4.78 is 5.75. The molecule has 1 aliphatic heterocycles. The summed E-state index contributed by atoms with van der Waals surface area (Å²) in [5, 5.41) is 10.1. The molecule has 0 atom stereocenters. The van der Waals surface area contributed by atoms with Crippen molar-refractivity contribution >= 4 is 0 Å². The number of aliphatic hydroxyl groups is 1. The molecule has 0 radical (unpaired) electrons. The highest BCUT2D eigenvalue weighted by molar-refractivity contribution is 5.06. The van der Waals surface area contributed by atoms with Crippen molar-refractivity contribution in [1.29, 1.82) is 0 Å². The van der Waals surface area contributed by atoms with Crippen molar-refractivity contribution in [1.82, 2.24) is 9.88 Å². The van der Waals surface area contributed by atoms with Gasteiger partial charge in [0.25, 0.3) is 0 Å². The number of likely N-dealkylation sites (tertiary alicyclic amines) is 1. The van der Waals surface area contributed by atoms with Crippen LogP contribution in [0.2, 0.25) is 0 Å². The third kappa shape index (κ3) is 2.93. The van der Waals surface area contributed by atoms with Crippen LogP contribution in [0.4, 0.5) is 0 Å². The van der Waals surface area contributed by atoms with Crippen molar-refractivity contribution < 1.29 is 9.52 Å². The van der Waals surface area contributed by atoms with E-state index in [9.17, 15) is 5.11 Å². The molecular weight excluding hydrogens is 228 g/mol. The Hall–Kier alpha value is -0.870. The minimum atomic E-state index is -0.478. The fourth-order valence-corrected chi connectivity index (χ4v) is 2.44. The van der Waals surface area contributed by atoms with Crippen LogP contribution in [0.1, 0.15) is 52.2 Å². The van der Waals surface area contributed by atoms with E-state index in [-0.39, 0.29) is 5.41 Å². The van der Waals surface area contributed by atoms with Gasteiger partial charge in [0, 0.05) is 18.5 Å². The summed E-state index contributed by atoms with van der Waals surface area (Å²) in [4.78, 5) is 6.48. The van der Waals surface area contributed by atoms with Gasteiger partial charge in [0.15, 0.2) is 0 Å². The number of β-amino-alcohol motifs (C(OH)–C–C–N with tert-alkyl or cyclic N) is 1. The monoisotopic (exact) mass is 252 g/mol. The Balaban J connectivity index is 1.87. The fraction of sp³-hybridized carbons (Fsp3) is 0.786. The molecule has 1 aliphatic rings. The highest BCUT2D eigenvalue weighted by Crippen LogP contribution is 2.28. The Morgan fingerprint density at radius 3 is 2.61 bits per heavy atom. The molecule has 0 aliphatic carbocycles. The molecule has 4 nitrogen and oxygen atoms in total. The minimum absolute atomic E-state index is 0.00312. The molecule has 4 heteroatoms. The van der Waals surface area contributed by atoms with E-state index in [1.807, 2.05) is 6.20 Å². The number of rotatable bonds is 4. The Bertz CT molecular complexity index is 400. The standard InChI is InChI=1S/C14H24N2O2/c1-5-6-14(17)9-16(10-14)8-12-15-7-11(18-12)13(2,3)4/h7,17H,5-6,8-10H2,1-4H3. The van der Waals surface area contributed by atoms with Gasteiger partial charge >= 0.3 is 0 Å². The van der Waals surface area contributed by atoms with Crippen LogP contribution in [0.5, 0.6) is 0 Å². The first-order valence-corrected chi connectivity index (χ1v) is 6.72. The van der Waals surface area contributed by atoms with E-state index >= 15 is 0 Å². The summed E-state index contributed by atoms with van der Waals surface area (Å²) in [5.41, 5.74) is -0.475. The second kappa shape index (κ2) is 4.67. The van der Waals surface area contributed by atoms with Crippen molar-refractivity contribution in [3.05, 3.63) is 17.8 Å². The van der Waals surface area contributed by atoms with Crippen LogP contribution in [0.3, 0.4) is 0 Å². The molecular formula is C14H24N2O2. The molecule has 2 rings (SSSR count). The van der Waals surface area contributed by atoms with E-state index in [2.05, 4.69) is 37.6 Å². The first kappa shape index (κ1) is 13.6. The Morgan fingerprint density at radius 1 is 1.44 bits per heavy atom. The topological polar surface area (TPSA) is 49.5 Å². The smallest absolute Gasteiger partial charge is 0.208 e. The van der Waals surface area contributed by atoms with Crippen LogP contribution >= 0.6 is 0 Å². The molecule has 0 saturated carbocycles. The average Bonchev–Trinajstić information content (AvgIpc) is 2.63. The van der Waals surface area contributed by atoms with Gasteiger partial charge in [-0.05, 0) is 6.42 Å². The van der Waals surface area contributed by atoms with E-state index in [0.29, 0.717) is 6.54 Å². The maximum absolute atomic E-state index is 10.1. The summed E-state index contributed by atoms with van der Waals surface area (Å²) in [6, 6.07) is 0. The Kier molecular flexibility index (Phi) is 3.52. The zero-order chi connectivity index (χ0) is 13.4. The average molecular weight is 252 g/mol. The third-order valence-corrected chi connectivity index (χ3v) is 3.40. The summed E-state index contributed by atoms with van der Waals surface area (Å²) in [7, 11) is 0. The fourth-order valence-electron chi connectivity index (χ4n) is 2.44. The molecule has 0 bridgehead atoms. The van der Waals surface area contributed by atoms with Gasteiger partial charge in [-0.3, -0.25) is 4.90 Å². The lowest BCUT2D eigenvalue weighted by Gasteiger charge is -2.46. The highest BCUT2D eigenvalue weighted by atomic mass is 16.4. The number of aromatic nitrogens is 1.